The summed E-state index contributed by atoms with van der Waals surface area (Å²) in [5.74, 6) is 6.11. The maximum Gasteiger partial charge on any atom is 0.104 e. The average molecular weight is 448 g/mol. The molecular weight excluding hydrogens is 414 g/mol. The first kappa shape index (κ1) is 21.5. The Morgan fingerprint density at radius 2 is 0.941 bits per heavy atom. The van der Waals surface area contributed by atoms with Gasteiger partial charge >= 0.3 is 0 Å². The summed E-state index contributed by atoms with van der Waals surface area (Å²) < 4.78 is 0. The lowest BCUT2D eigenvalue weighted by molar-refractivity contribution is 0.350. The van der Waals surface area contributed by atoms with E-state index < -0.39 is 0 Å². The van der Waals surface area contributed by atoms with Crippen molar-refractivity contribution in [2.45, 2.75) is 71.6 Å². The number of anilines is 3. The van der Waals surface area contributed by atoms with Crippen molar-refractivity contribution in [3.8, 4) is 11.8 Å². The van der Waals surface area contributed by atoms with Crippen LogP contribution >= 0.6 is 0 Å². The van der Waals surface area contributed by atoms with Crippen molar-refractivity contribution >= 4 is 17.1 Å². The van der Waals surface area contributed by atoms with Gasteiger partial charge in [-0.15, -0.1) is 0 Å². The van der Waals surface area contributed by atoms with Crippen molar-refractivity contribution in [2.24, 2.45) is 0 Å². The van der Waals surface area contributed by atoms with Crippen LogP contribution in [-0.2, 0) is 16.2 Å². The molecule has 3 aliphatic rings. The summed E-state index contributed by atoms with van der Waals surface area (Å²) in [6.07, 6.45) is 0. The summed E-state index contributed by atoms with van der Waals surface area (Å²) in [6, 6.07) is 14.1. The van der Waals surface area contributed by atoms with Gasteiger partial charge in [0.1, 0.15) is 6.61 Å². The van der Waals surface area contributed by atoms with Crippen LogP contribution in [0.3, 0.4) is 0 Å². The van der Waals surface area contributed by atoms with E-state index in [4.69, 9.17) is 0 Å². The molecule has 3 heterocycles. The highest BCUT2D eigenvalue weighted by Crippen LogP contribution is 2.66. The minimum atomic E-state index is -0.167. The van der Waals surface area contributed by atoms with Crippen LogP contribution in [0.25, 0.3) is 0 Å². The van der Waals surface area contributed by atoms with E-state index in [2.05, 4.69) is 109 Å². The van der Waals surface area contributed by atoms with Crippen LogP contribution < -0.4 is 4.90 Å². The SMILES string of the molecule is Cc1cc2c3c(c1)C(C)(C)c1cc(C#CCO)cc4c1N3c1c(cc(C)cc1C4(C)C)C2(C)C. The van der Waals surface area contributed by atoms with Gasteiger partial charge in [-0.25, -0.2) is 0 Å². The maximum atomic E-state index is 9.38. The van der Waals surface area contributed by atoms with Crippen molar-refractivity contribution in [2.75, 3.05) is 11.5 Å². The number of aliphatic hydroxyl groups is 1. The van der Waals surface area contributed by atoms with Crippen LogP contribution in [0.4, 0.5) is 17.1 Å². The first-order chi connectivity index (χ1) is 15.9. The van der Waals surface area contributed by atoms with E-state index in [0.717, 1.165) is 5.56 Å². The molecule has 3 aromatic rings. The van der Waals surface area contributed by atoms with Crippen molar-refractivity contribution in [1.29, 1.82) is 0 Å². The van der Waals surface area contributed by atoms with Crippen LogP contribution in [-0.4, -0.2) is 11.7 Å². The van der Waals surface area contributed by atoms with Gasteiger partial charge in [0.05, 0.1) is 17.1 Å². The Balaban J connectivity index is 1.86. The normalized spacial score (nSPS) is 18.7. The second-order valence-electron chi connectivity index (χ2n) is 12.0. The Bertz CT molecular complexity index is 1390. The fraction of sp³-hybridized carbons (Fsp3) is 0.375. The lowest BCUT2D eigenvalue weighted by Gasteiger charge is -2.55. The minimum Gasteiger partial charge on any atom is -0.384 e. The zero-order valence-electron chi connectivity index (χ0n) is 21.6. The molecule has 1 N–H and O–H groups in total. The Labute approximate surface area is 203 Å². The van der Waals surface area contributed by atoms with Gasteiger partial charge in [-0.1, -0.05) is 88.8 Å². The van der Waals surface area contributed by atoms with Gasteiger partial charge in [-0.05, 0) is 59.4 Å². The standard InChI is InChI=1S/C32H33NO/c1-18-12-21-27-23(14-18)31(5,6)25-16-20(10-9-11-34)17-26-29(25)33(27)28-22(30(21,3)4)13-19(2)15-24(28)32(26,7)8/h12-17,34H,11H2,1-8H3. The number of aryl methyl sites for hydroxylation is 2. The molecule has 3 aromatic carbocycles. The molecule has 0 amide bonds. The van der Waals surface area contributed by atoms with E-state index in [1.54, 1.807) is 0 Å². The predicted molar refractivity (Wildman–Crippen MR) is 141 cm³/mol. The largest absolute Gasteiger partial charge is 0.384 e. The van der Waals surface area contributed by atoms with Gasteiger partial charge in [0, 0.05) is 21.8 Å². The highest BCUT2D eigenvalue weighted by molar-refractivity contribution is 5.98. The second kappa shape index (κ2) is 6.35. The zero-order chi connectivity index (χ0) is 24.4. The summed E-state index contributed by atoms with van der Waals surface area (Å²) in [4.78, 5) is 2.59. The monoisotopic (exact) mass is 447 g/mol. The highest BCUT2D eigenvalue weighted by atomic mass is 16.2. The number of aliphatic hydroxyl groups excluding tert-OH is 1. The molecule has 0 atom stereocenters. The van der Waals surface area contributed by atoms with Crippen LogP contribution in [0.2, 0.25) is 0 Å². The van der Waals surface area contributed by atoms with Gasteiger partial charge in [-0.2, -0.15) is 0 Å². The van der Waals surface area contributed by atoms with Crippen LogP contribution in [0.15, 0.2) is 36.4 Å². The number of rotatable bonds is 0. The molecule has 0 radical (unpaired) electrons. The predicted octanol–water partition coefficient (Wildman–Crippen LogP) is 7.03. The van der Waals surface area contributed by atoms with Gasteiger partial charge in [-0.3, -0.25) is 0 Å². The summed E-state index contributed by atoms with van der Waals surface area (Å²) in [5.41, 5.74) is 15.5. The second-order valence-corrected chi connectivity index (χ2v) is 12.0. The van der Waals surface area contributed by atoms with E-state index in [-0.39, 0.29) is 22.9 Å². The quantitative estimate of drug-likeness (QED) is 0.374. The van der Waals surface area contributed by atoms with Crippen LogP contribution in [0.1, 0.15) is 91.6 Å². The summed E-state index contributed by atoms with van der Waals surface area (Å²) in [6.45, 7) is 18.6. The van der Waals surface area contributed by atoms with Crippen molar-refractivity contribution < 1.29 is 5.11 Å². The highest BCUT2D eigenvalue weighted by Gasteiger charge is 2.51. The fourth-order valence-corrected chi connectivity index (χ4v) is 6.76. The molecule has 0 aromatic heterocycles. The van der Waals surface area contributed by atoms with Crippen LogP contribution in [0, 0.1) is 25.7 Å². The van der Waals surface area contributed by atoms with Gasteiger partial charge in [0.15, 0.2) is 0 Å². The molecule has 0 saturated heterocycles. The summed E-state index contributed by atoms with van der Waals surface area (Å²) in [5, 5.41) is 9.38. The third-order valence-electron chi connectivity index (χ3n) is 8.64. The number of nitrogens with zero attached hydrogens (tertiary/aromatic N) is 1. The smallest absolute Gasteiger partial charge is 0.104 e. The molecule has 2 heteroatoms. The molecule has 34 heavy (non-hydrogen) atoms. The number of hydrogen-bond donors (Lipinski definition) is 1. The molecule has 0 aliphatic carbocycles. The average Bonchev–Trinajstić information content (AvgIpc) is 2.76. The topological polar surface area (TPSA) is 23.5 Å². The van der Waals surface area contributed by atoms with Crippen LogP contribution in [0.5, 0.6) is 0 Å². The first-order valence-corrected chi connectivity index (χ1v) is 12.3. The van der Waals surface area contributed by atoms with Crippen molar-refractivity contribution in [1.82, 2.24) is 0 Å². The Kier molecular flexibility index (Phi) is 4.02. The third kappa shape index (κ3) is 2.41. The number of hydrogen-bond acceptors (Lipinski definition) is 2. The van der Waals surface area contributed by atoms with E-state index in [9.17, 15) is 5.11 Å². The van der Waals surface area contributed by atoms with E-state index in [0.29, 0.717) is 0 Å². The first-order valence-electron chi connectivity index (χ1n) is 12.3. The molecule has 0 saturated carbocycles. The number of benzene rings is 3. The third-order valence-corrected chi connectivity index (χ3v) is 8.64. The Hall–Kier alpha value is -3.02. The molecular formula is C32H33NO. The van der Waals surface area contributed by atoms with Crippen molar-refractivity contribution in [3.63, 3.8) is 0 Å². The minimum absolute atomic E-state index is 0.0869. The molecule has 0 fully saturated rings. The van der Waals surface area contributed by atoms with Crippen molar-refractivity contribution in [3.05, 3.63) is 86.5 Å². The van der Waals surface area contributed by atoms with Gasteiger partial charge in [0.2, 0.25) is 0 Å². The summed E-state index contributed by atoms with van der Waals surface area (Å²) in [7, 11) is 0. The molecule has 2 nitrogen and oxygen atoms in total. The van der Waals surface area contributed by atoms with E-state index in [1.165, 1.54) is 61.6 Å². The Morgan fingerprint density at radius 3 is 1.26 bits per heavy atom. The molecule has 172 valence electrons. The molecule has 0 bridgehead atoms. The Morgan fingerprint density at radius 1 is 0.618 bits per heavy atom. The zero-order valence-corrected chi connectivity index (χ0v) is 21.6. The van der Waals surface area contributed by atoms with Gasteiger partial charge < -0.3 is 10.0 Å². The van der Waals surface area contributed by atoms with E-state index >= 15 is 0 Å². The molecule has 0 unspecified atom stereocenters. The lowest BCUT2D eigenvalue weighted by atomic mass is 9.60. The fourth-order valence-electron chi connectivity index (χ4n) is 6.76. The van der Waals surface area contributed by atoms with E-state index in [1.807, 2.05) is 0 Å². The van der Waals surface area contributed by atoms with Gasteiger partial charge in [0.25, 0.3) is 0 Å². The molecule has 6 rings (SSSR count). The maximum absolute atomic E-state index is 9.38. The summed E-state index contributed by atoms with van der Waals surface area (Å²) >= 11 is 0. The lowest BCUT2D eigenvalue weighted by Crippen LogP contribution is -2.44. The molecule has 0 spiro atoms. The molecule has 3 aliphatic heterocycles.